The highest BCUT2D eigenvalue weighted by Crippen LogP contribution is 2.31. The van der Waals surface area contributed by atoms with Crippen LogP contribution in [0.2, 0.25) is 0 Å². The Morgan fingerprint density at radius 2 is 0.734 bits per heavy atom. The van der Waals surface area contributed by atoms with Gasteiger partial charge in [-0.1, -0.05) is 30.3 Å². The second-order valence-electron chi connectivity index (χ2n) is 27.5. The monoisotopic (exact) mass is 1560 g/mol. The molecule has 7 aromatic carbocycles. The molecule has 0 aromatic heterocycles. The topological polar surface area (TPSA) is 238 Å². The van der Waals surface area contributed by atoms with Crippen molar-refractivity contribution in [3.8, 4) is 34.5 Å². The van der Waals surface area contributed by atoms with Crippen LogP contribution < -0.4 is 41.3 Å². The summed E-state index contributed by atoms with van der Waals surface area (Å²) in [5.41, 5.74) is 2.54. The van der Waals surface area contributed by atoms with Gasteiger partial charge in [-0.25, -0.2) is 25.3 Å². The van der Waals surface area contributed by atoms with Crippen LogP contribution in [0.3, 0.4) is 0 Å². The second-order valence-corrected chi connectivity index (χ2v) is 33.5. The van der Waals surface area contributed by atoms with E-state index < -0.39 is 30.1 Å². The first-order chi connectivity index (χ1) is 52.5. The first-order valence-corrected chi connectivity index (χ1v) is 42.1. The first-order valence-electron chi connectivity index (χ1n) is 37.8. The van der Waals surface area contributed by atoms with E-state index >= 15 is 0 Å². The average molecular weight is 1560 g/mol. The molecule has 4 heterocycles. The summed E-state index contributed by atoms with van der Waals surface area (Å²) in [5, 5.41) is 0. The van der Waals surface area contributed by atoms with E-state index in [4.69, 9.17) is 28.4 Å². The summed E-state index contributed by atoms with van der Waals surface area (Å²) < 4.78 is 115. The highest BCUT2D eigenvalue weighted by molar-refractivity contribution is 7.93. The number of carbonyl (C=O) groups excluding carboxylic acids is 3. The normalized spacial score (nSPS) is 16.1. The molecule has 4 fully saturated rings. The number of hydrogen-bond acceptors (Lipinski definition) is 18. The van der Waals surface area contributed by atoms with E-state index in [0.717, 1.165) is 83.5 Å². The zero-order valence-electron chi connectivity index (χ0n) is 64.4. The van der Waals surface area contributed by atoms with Crippen LogP contribution in [0.1, 0.15) is 90.5 Å². The van der Waals surface area contributed by atoms with E-state index in [1.165, 1.54) is 104 Å². The number of sulfonamides is 3. The summed E-state index contributed by atoms with van der Waals surface area (Å²) in [6.07, 6.45) is 11.4. The zero-order valence-corrected chi connectivity index (χ0v) is 66.8. The standard InChI is InChI=1S/C28H39N3O5S.C28H35N3O5S.C26H35N3O5S/c1-3-35-25-13-15-27(16-14-25)37(33,34)29(2)23-9-11-26(12-10-23)36-22-28(32)31-20-5-4-8-24(31)17-21-30-18-6-7-19-30;1-5-35-25-15-17-27(18-16-25)37(33,34)30(4)24-11-13-26(14-12-24)36-22-28(32)31(20-19-29(2)3)21-23-9-7-6-8-10-23;1-3-33-23-12-14-25(15-13-23)35(31,32)27(2)21-8-10-24(11-9-21)34-20-26(30)29-18-6-7-22(29)19-28-16-4-5-17-28/h9-16,24H,3-8,17-22H2,1-2H3;6-18H,5,19-22H2,1-4H3;8-15,22H,3-7,16-20H2,1-2H3. The minimum atomic E-state index is -3.74. The van der Waals surface area contributed by atoms with Gasteiger partial charge in [-0.3, -0.25) is 27.3 Å². The van der Waals surface area contributed by atoms with Crippen molar-refractivity contribution in [2.24, 2.45) is 0 Å². The highest BCUT2D eigenvalue weighted by Gasteiger charge is 2.33. The van der Waals surface area contributed by atoms with E-state index in [0.29, 0.717) is 84.5 Å². The van der Waals surface area contributed by atoms with Crippen LogP contribution in [-0.2, 0) is 51.0 Å². The van der Waals surface area contributed by atoms with Gasteiger partial charge in [0, 0.05) is 79.0 Å². The van der Waals surface area contributed by atoms with Crippen LogP contribution in [0.25, 0.3) is 0 Å². The maximum atomic E-state index is 13.0. The molecule has 0 spiro atoms. The molecule has 0 N–H and O–H groups in total. The molecule has 0 bridgehead atoms. The van der Waals surface area contributed by atoms with Gasteiger partial charge in [0.05, 0.1) is 51.6 Å². The molecule has 24 nitrogen and oxygen atoms in total. The largest absolute Gasteiger partial charge is 0.494 e. The average Bonchev–Trinajstić information content (AvgIpc) is 1.35. The van der Waals surface area contributed by atoms with E-state index in [-0.39, 0.29) is 64.3 Å². The molecule has 2 atom stereocenters. The van der Waals surface area contributed by atoms with Gasteiger partial charge in [0.2, 0.25) is 0 Å². The molecule has 0 aliphatic carbocycles. The molecule has 4 saturated heterocycles. The van der Waals surface area contributed by atoms with Crippen LogP contribution in [-0.4, -0.2) is 225 Å². The number of piperidine rings is 1. The number of hydrogen-bond donors (Lipinski definition) is 0. The molecule has 590 valence electrons. The summed E-state index contributed by atoms with van der Waals surface area (Å²) >= 11 is 0. The van der Waals surface area contributed by atoms with Crippen molar-refractivity contribution in [2.45, 2.75) is 118 Å². The zero-order chi connectivity index (χ0) is 77.9. The highest BCUT2D eigenvalue weighted by atomic mass is 32.2. The smallest absolute Gasteiger partial charge is 0.264 e. The first kappa shape index (κ1) is 83.9. The van der Waals surface area contributed by atoms with Crippen molar-refractivity contribution in [1.82, 2.24) is 29.4 Å². The van der Waals surface area contributed by atoms with Crippen LogP contribution in [0.15, 0.2) is 191 Å². The molecule has 27 heteroatoms. The number of nitrogens with zero attached hydrogens (tertiary/aromatic N) is 9. The van der Waals surface area contributed by atoms with E-state index in [1.54, 1.807) is 126 Å². The molecular weight excluding hydrogens is 1450 g/mol. The van der Waals surface area contributed by atoms with E-state index in [9.17, 15) is 39.6 Å². The van der Waals surface area contributed by atoms with E-state index in [1.807, 2.05) is 79.9 Å². The van der Waals surface area contributed by atoms with Gasteiger partial charge in [0.25, 0.3) is 47.8 Å². The lowest BCUT2D eigenvalue weighted by atomic mass is 9.99. The van der Waals surface area contributed by atoms with Crippen molar-refractivity contribution in [3.63, 3.8) is 0 Å². The number of rotatable bonds is 34. The summed E-state index contributed by atoms with van der Waals surface area (Å²) in [6, 6.07) is 49.6. The number of likely N-dealkylation sites (N-methyl/N-ethyl adjacent to an activating group) is 1. The van der Waals surface area contributed by atoms with Crippen LogP contribution in [0.5, 0.6) is 34.5 Å². The van der Waals surface area contributed by atoms with Crippen molar-refractivity contribution in [1.29, 1.82) is 0 Å². The molecule has 7 aromatic rings. The van der Waals surface area contributed by atoms with Gasteiger partial charge in [0.1, 0.15) is 34.5 Å². The van der Waals surface area contributed by atoms with Gasteiger partial charge in [0.15, 0.2) is 19.8 Å². The SMILES string of the molecule is CCOc1ccc(S(=O)(=O)N(C)c2ccc(OCC(=O)N(CCN(C)C)Cc3ccccc3)cc2)cc1.CCOc1ccc(S(=O)(=O)N(C)c2ccc(OCC(=O)N3CCCC3CN3CCCC3)cc2)cc1.CCOc1ccc(S(=O)(=O)N(C)c2ccc(OCC(=O)N3CCCCC3CCN3CCCC3)cc2)cc1. The van der Waals surface area contributed by atoms with Crippen molar-refractivity contribution < 1.29 is 68.1 Å². The molecule has 0 radical (unpaired) electrons. The molecule has 3 amide bonds. The number of amides is 3. The Labute approximate surface area is 646 Å². The van der Waals surface area contributed by atoms with Gasteiger partial charge in [-0.05, 0) is 276 Å². The number of carbonyl (C=O) groups is 3. The molecule has 109 heavy (non-hydrogen) atoms. The Hall–Kier alpha value is -9.12. The fourth-order valence-corrected chi connectivity index (χ4v) is 17.1. The molecule has 2 unspecified atom stereocenters. The van der Waals surface area contributed by atoms with Gasteiger partial charge < -0.3 is 57.8 Å². The van der Waals surface area contributed by atoms with Gasteiger partial charge in [-0.2, -0.15) is 0 Å². The Bertz CT molecular complexity index is 4310. The molecular formula is C82H109N9O15S3. The van der Waals surface area contributed by atoms with Gasteiger partial charge >= 0.3 is 0 Å². The Morgan fingerprint density at radius 1 is 0.385 bits per heavy atom. The third kappa shape index (κ3) is 24.2. The van der Waals surface area contributed by atoms with Crippen LogP contribution in [0.4, 0.5) is 17.1 Å². The predicted molar refractivity (Wildman–Crippen MR) is 426 cm³/mol. The quantitative estimate of drug-likeness (QED) is 0.0364. The lowest BCUT2D eigenvalue weighted by molar-refractivity contribution is -0.137. The molecule has 11 rings (SSSR count). The lowest BCUT2D eigenvalue weighted by Crippen LogP contribution is -2.47. The Morgan fingerprint density at radius 3 is 1.14 bits per heavy atom. The lowest BCUT2D eigenvalue weighted by Gasteiger charge is -2.36. The number of anilines is 3. The van der Waals surface area contributed by atoms with E-state index in [2.05, 4.69) is 9.80 Å². The summed E-state index contributed by atoms with van der Waals surface area (Å²) in [6.45, 7) is 17.0. The maximum Gasteiger partial charge on any atom is 0.264 e. The fraction of sp³-hybridized carbons (Fsp3) is 0.451. The Kier molecular flexibility index (Phi) is 31.6. The minimum Gasteiger partial charge on any atom is -0.494 e. The summed E-state index contributed by atoms with van der Waals surface area (Å²) in [5.74, 6) is 3.32. The van der Waals surface area contributed by atoms with Crippen molar-refractivity contribution in [3.05, 3.63) is 181 Å². The predicted octanol–water partition coefficient (Wildman–Crippen LogP) is 11.4. The van der Waals surface area contributed by atoms with Crippen LogP contribution in [0, 0.1) is 0 Å². The third-order valence-corrected chi connectivity index (χ3v) is 25.1. The van der Waals surface area contributed by atoms with Gasteiger partial charge in [-0.15, -0.1) is 0 Å². The molecule has 0 saturated carbocycles. The maximum absolute atomic E-state index is 13.0. The number of benzene rings is 7. The second kappa shape index (κ2) is 41.1. The van der Waals surface area contributed by atoms with Crippen molar-refractivity contribution in [2.75, 3.05) is 153 Å². The summed E-state index contributed by atoms with van der Waals surface area (Å²) in [4.78, 5) is 52.0. The fourth-order valence-electron chi connectivity index (χ4n) is 13.5. The summed E-state index contributed by atoms with van der Waals surface area (Å²) in [7, 11) is -2.72. The Balaban J connectivity index is 0.000000188. The number of ether oxygens (including phenoxy) is 6. The third-order valence-electron chi connectivity index (χ3n) is 19.7. The van der Waals surface area contributed by atoms with Crippen LogP contribution >= 0.6 is 0 Å². The molecule has 4 aliphatic rings. The molecule has 4 aliphatic heterocycles. The number of likely N-dealkylation sites (tertiary alicyclic amines) is 4. The minimum absolute atomic E-state index is 0.00553. The van der Waals surface area contributed by atoms with Crippen molar-refractivity contribution >= 4 is 64.9 Å².